The molecule has 0 atom stereocenters. The first-order chi connectivity index (χ1) is 5.95. The van der Waals surface area contributed by atoms with E-state index in [0.717, 1.165) is 15.6 Å². The normalized spacial score (nSPS) is 11.8. The number of pyridine rings is 1. The molecule has 1 aromatic rings. The maximum absolute atomic E-state index is 6.12. The third-order valence-electron chi connectivity index (χ3n) is 1.76. The minimum Gasteiger partial charge on any atom is -0.258 e. The monoisotopic (exact) mass is 215 g/mol. The van der Waals surface area contributed by atoms with Crippen LogP contribution in [0.2, 0.25) is 5.02 Å². The van der Waals surface area contributed by atoms with Crippen LogP contribution in [-0.4, -0.2) is 11.2 Å². The SMILES string of the molecule is CSc1cnc(C(C)(C)C)c(Cl)c1. The van der Waals surface area contributed by atoms with Crippen LogP contribution in [0.25, 0.3) is 0 Å². The van der Waals surface area contributed by atoms with E-state index in [1.54, 1.807) is 11.8 Å². The van der Waals surface area contributed by atoms with Gasteiger partial charge >= 0.3 is 0 Å². The van der Waals surface area contributed by atoms with Crippen LogP contribution in [0.3, 0.4) is 0 Å². The highest BCUT2D eigenvalue weighted by molar-refractivity contribution is 7.98. The summed E-state index contributed by atoms with van der Waals surface area (Å²) < 4.78 is 0. The van der Waals surface area contributed by atoms with Crippen molar-refractivity contribution in [1.82, 2.24) is 4.98 Å². The van der Waals surface area contributed by atoms with Crippen LogP contribution < -0.4 is 0 Å². The van der Waals surface area contributed by atoms with Crippen LogP contribution in [0.15, 0.2) is 17.2 Å². The smallest absolute Gasteiger partial charge is 0.0643 e. The molecule has 0 aliphatic heterocycles. The average Bonchev–Trinajstić information content (AvgIpc) is 2.01. The zero-order chi connectivity index (χ0) is 10.1. The highest BCUT2D eigenvalue weighted by atomic mass is 35.5. The highest BCUT2D eigenvalue weighted by Crippen LogP contribution is 2.29. The van der Waals surface area contributed by atoms with E-state index in [2.05, 4.69) is 25.8 Å². The van der Waals surface area contributed by atoms with Crippen molar-refractivity contribution in [2.75, 3.05) is 6.26 Å². The number of rotatable bonds is 1. The van der Waals surface area contributed by atoms with Gasteiger partial charge in [-0.25, -0.2) is 0 Å². The minimum absolute atomic E-state index is 0.0218. The van der Waals surface area contributed by atoms with Gasteiger partial charge in [-0.3, -0.25) is 4.98 Å². The molecule has 1 aromatic heterocycles. The van der Waals surface area contributed by atoms with Crippen LogP contribution in [0.1, 0.15) is 26.5 Å². The summed E-state index contributed by atoms with van der Waals surface area (Å²) in [7, 11) is 0. The third-order valence-corrected chi connectivity index (χ3v) is 2.74. The first kappa shape index (κ1) is 10.9. The molecule has 1 rings (SSSR count). The van der Waals surface area contributed by atoms with Crippen molar-refractivity contribution in [2.45, 2.75) is 31.1 Å². The van der Waals surface area contributed by atoms with E-state index < -0.39 is 0 Å². The Bertz CT molecular complexity index is 304. The Balaban J connectivity index is 3.13. The van der Waals surface area contributed by atoms with Crippen molar-refractivity contribution in [1.29, 1.82) is 0 Å². The summed E-state index contributed by atoms with van der Waals surface area (Å²) in [5.41, 5.74) is 0.987. The summed E-state index contributed by atoms with van der Waals surface area (Å²) in [4.78, 5) is 5.48. The average molecular weight is 216 g/mol. The van der Waals surface area contributed by atoms with Gasteiger partial charge in [0.15, 0.2) is 0 Å². The lowest BCUT2D eigenvalue weighted by atomic mass is 9.92. The molecule has 0 unspecified atom stereocenters. The van der Waals surface area contributed by atoms with Gasteiger partial charge < -0.3 is 0 Å². The van der Waals surface area contributed by atoms with E-state index in [4.69, 9.17) is 11.6 Å². The second kappa shape index (κ2) is 3.89. The second-order valence-corrected chi connectivity index (χ2v) is 5.24. The topological polar surface area (TPSA) is 12.9 Å². The van der Waals surface area contributed by atoms with Gasteiger partial charge in [0.1, 0.15) is 0 Å². The predicted molar refractivity (Wildman–Crippen MR) is 59.7 cm³/mol. The van der Waals surface area contributed by atoms with E-state index in [0.29, 0.717) is 0 Å². The lowest BCUT2D eigenvalue weighted by Gasteiger charge is -2.19. The molecule has 13 heavy (non-hydrogen) atoms. The van der Waals surface area contributed by atoms with Gasteiger partial charge in [-0.1, -0.05) is 32.4 Å². The van der Waals surface area contributed by atoms with E-state index >= 15 is 0 Å². The number of hydrogen-bond acceptors (Lipinski definition) is 2. The van der Waals surface area contributed by atoms with Crippen molar-refractivity contribution < 1.29 is 0 Å². The van der Waals surface area contributed by atoms with Gasteiger partial charge in [0.05, 0.1) is 10.7 Å². The first-order valence-corrected chi connectivity index (χ1v) is 5.75. The quantitative estimate of drug-likeness (QED) is 0.662. The Morgan fingerprint density at radius 1 is 1.38 bits per heavy atom. The van der Waals surface area contributed by atoms with Gasteiger partial charge in [-0.2, -0.15) is 0 Å². The molecule has 0 saturated heterocycles. The third kappa shape index (κ3) is 2.61. The molecule has 0 aromatic carbocycles. The highest BCUT2D eigenvalue weighted by Gasteiger charge is 2.18. The summed E-state index contributed by atoms with van der Waals surface area (Å²) >= 11 is 7.77. The van der Waals surface area contributed by atoms with Gasteiger partial charge in [0, 0.05) is 16.5 Å². The van der Waals surface area contributed by atoms with E-state index in [9.17, 15) is 0 Å². The molecule has 0 aliphatic carbocycles. The number of thioether (sulfide) groups is 1. The zero-order valence-electron chi connectivity index (χ0n) is 8.39. The van der Waals surface area contributed by atoms with Crippen molar-refractivity contribution in [3.63, 3.8) is 0 Å². The molecule has 1 heterocycles. The summed E-state index contributed by atoms with van der Waals surface area (Å²) in [5.74, 6) is 0. The standard InChI is InChI=1S/C10H14ClNS/c1-10(2,3)9-8(11)5-7(13-4)6-12-9/h5-6H,1-4H3. The lowest BCUT2D eigenvalue weighted by molar-refractivity contribution is 0.568. The maximum atomic E-state index is 6.12. The second-order valence-electron chi connectivity index (χ2n) is 3.96. The fourth-order valence-corrected chi connectivity index (χ4v) is 1.99. The molecule has 0 fully saturated rings. The fraction of sp³-hybridized carbons (Fsp3) is 0.500. The Hall–Kier alpha value is -0.210. The Morgan fingerprint density at radius 3 is 2.38 bits per heavy atom. The van der Waals surface area contributed by atoms with Crippen LogP contribution in [0.5, 0.6) is 0 Å². The summed E-state index contributed by atoms with van der Waals surface area (Å²) in [6.07, 6.45) is 3.89. The van der Waals surface area contributed by atoms with Crippen LogP contribution >= 0.6 is 23.4 Å². The lowest BCUT2D eigenvalue weighted by Crippen LogP contribution is -2.14. The largest absolute Gasteiger partial charge is 0.258 e. The predicted octanol–water partition coefficient (Wildman–Crippen LogP) is 3.75. The maximum Gasteiger partial charge on any atom is 0.0643 e. The molecule has 72 valence electrons. The summed E-state index contributed by atoms with van der Waals surface area (Å²) in [6.45, 7) is 6.33. The summed E-state index contributed by atoms with van der Waals surface area (Å²) in [6, 6.07) is 1.97. The molecule has 0 radical (unpaired) electrons. The molecule has 0 amide bonds. The molecule has 0 spiro atoms. The molecule has 0 aliphatic rings. The molecule has 3 heteroatoms. The van der Waals surface area contributed by atoms with Crippen LogP contribution in [0.4, 0.5) is 0 Å². The Labute approximate surface area is 88.9 Å². The van der Waals surface area contributed by atoms with Crippen LogP contribution in [0, 0.1) is 0 Å². The van der Waals surface area contributed by atoms with Crippen molar-refractivity contribution in [3.8, 4) is 0 Å². The molecule has 0 bridgehead atoms. The van der Waals surface area contributed by atoms with E-state index in [1.165, 1.54) is 0 Å². The van der Waals surface area contributed by atoms with Crippen molar-refractivity contribution in [3.05, 3.63) is 23.0 Å². The summed E-state index contributed by atoms with van der Waals surface area (Å²) in [5, 5.41) is 0.763. The molecule has 0 saturated carbocycles. The molecular formula is C10H14ClNS. The van der Waals surface area contributed by atoms with Gasteiger partial charge in [0.25, 0.3) is 0 Å². The Kier molecular flexibility index (Phi) is 3.25. The number of nitrogens with zero attached hydrogens (tertiary/aromatic N) is 1. The molecular weight excluding hydrogens is 202 g/mol. The number of aromatic nitrogens is 1. The first-order valence-electron chi connectivity index (χ1n) is 4.15. The molecule has 0 N–H and O–H groups in total. The van der Waals surface area contributed by atoms with Crippen molar-refractivity contribution in [2.24, 2.45) is 0 Å². The number of hydrogen-bond donors (Lipinski definition) is 0. The fourth-order valence-electron chi connectivity index (χ4n) is 1.08. The van der Waals surface area contributed by atoms with Gasteiger partial charge in [0.2, 0.25) is 0 Å². The zero-order valence-corrected chi connectivity index (χ0v) is 9.96. The van der Waals surface area contributed by atoms with E-state index in [1.807, 2.05) is 18.5 Å². The molecule has 1 nitrogen and oxygen atoms in total. The Morgan fingerprint density at radius 2 is 2.00 bits per heavy atom. The van der Waals surface area contributed by atoms with E-state index in [-0.39, 0.29) is 5.41 Å². The minimum atomic E-state index is 0.0218. The van der Waals surface area contributed by atoms with Crippen LogP contribution in [-0.2, 0) is 5.41 Å². The van der Waals surface area contributed by atoms with Gasteiger partial charge in [-0.15, -0.1) is 11.8 Å². The number of halogens is 1. The van der Waals surface area contributed by atoms with Crippen molar-refractivity contribution >= 4 is 23.4 Å². The van der Waals surface area contributed by atoms with Gasteiger partial charge in [-0.05, 0) is 12.3 Å².